The van der Waals surface area contributed by atoms with Crippen molar-refractivity contribution >= 4 is 11.7 Å². The van der Waals surface area contributed by atoms with Crippen LogP contribution in [0.2, 0.25) is 0 Å². The van der Waals surface area contributed by atoms with Gasteiger partial charge in [-0.15, -0.1) is 0 Å². The number of carbonyl (C=O) groups is 1. The predicted octanol–water partition coefficient (Wildman–Crippen LogP) is 1.23. The van der Waals surface area contributed by atoms with Crippen LogP contribution >= 0.6 is 0 Å². The number of anilines is 1. The molecule has 19 heavy (non-hydrogen) atoms. The fourth-order valence-electron chi connectivity index (χ4n) is 2.14. The number of hydrogen-bond donors (Lipinski definition) is 2. The smallest absolute Gasteiger partial charge is 0.354 e. The summed E-state index contributed by atoms with van der Waals surface area (Å²) < 4.78 is 5.49. The summed E-state index contributed by atoms with van der Waals surface area (Å²) in [7, 11) is 0. The molecule has 1 aliphatic heterocycles. The maximum atomic E-state index is 10.8. The van der Waals surface area contributed by atoms with Crippen LogP contribution < -0.4 is 10.5 Å². The molecule has 0 aliphatic carbocycles. The third-order valence-electron chi connectivity index (χ3n) is 3.20. The minimum absolute atomic E-state index is 0.0535. The molecule has 1 aromatic heterocycles. The first kappa shape index (κ1) is 13.6. The van der Waals surface area contributed by atoms with Gasteiger partial charge >= 0.3 is 5.97 Å². The molecule has 0 atom stereocenters. The van der Waals surface area contributed by atoms with Gasteiger partial charge in [-0.2, -0.15) is 0 Å². The van der Waals surface area contributed by atoms with Crippen LogP contribution in [-0.2, 0) is 0 Å². The second-order valence-electron chi connectivity index (χ2n) is 4.65. The molecule has 104 valence electrons. The molecule has 0 spiro atoms. The number of likely N-dealkylation sites (tertiary alicyclic amines) is 1. The molecule has 1 fully saturated rings. The van der Waals surface area contributed by atoms with E-state index in [0.29, 0.717) is 12.3 Å². The van der Waals surface area contributed by atoms with Gasteiger partial charge in [0.1, 0.15) is 6.61 Å². The minimum atomic E-state index is -1.08. The topological polar surface area (TPSA) is 88.7 Å². The van der Waals surface area contributed by atoms with Crippen molar-refractivity contribution < 1.29 is 14.6 Å². The quantitative estimate of drug-likeness (QED) is 0.832. The van der Waals surface area contributed by atoms with E-state index in [-0.39, 0.29) is 11.6 Å². The number of nitrogen functional groups attached to an aromatic ring is 1. The average molecular weight is 265 g/mol. The molecule has 2 heterocycles. The van der Waals surface area contributed by atoms with Crippen LogP contribution in [0, 0.1) is 0 Å². The zero-order chi connectivity index (χ0) is 13.7. The fourth-order valence-corrected chi connectivity index (χ4v) is 2.14. The van der Waals surface area contributed by atoms with Gasteiger partial charge in [-0.25, -0.2) is 9.78 Å². The largest absolute Gasteiger partial charge is 0.477 e. The van der Waals surface area contributed by atoms with Gasteiger partial charge < -0.3 is 15.6 Å². The number of nitrogens with zero attached hydrogens (tertiary/aromatic N) is 2. The first-order valence-electron chi connectivity index (χ1n) is 6.52. The highest BCUT2D eigenvalue weighted by atomic mass is 16.5. The first-order valence-corrected chi connectivity index (χ1v) is 6.52. The maximum Gasteiger partial charge on any atom is 0.354 e. The van der Waals surface area contributed by atoms with Crippen molar-refractivity contribution in [1.29, 1.82) is 0 Å². The number of nitrogens with two attached hydrogens (primary N) is 1. The van der Waals surface area contributed by atoms with Crippen molar-refractivity contribution in [2.45, 2.75) is 19.3 Å². The van der Waals surface area contributed by atoms with Gasteiger partial charge in [0.2, 0.25) is 5.88 Å². The van der Waals surface area contributed by atoms with Gasteiger partial charge in [0.15, 0.2) is 5.69 Å². The second kappa shape index (κ2) is 6.38. The van der Waals surface area contributed by atoms with Gasteiger partial charge in [0.25, 0.3) is 0 Å². The van der Waals surface area contributed by atoms with Gasteiger partial charge in [0.05, 0.1) is 5.69 Å². The van der Waals surface area contributed by atoms with Crippen LogP contribution in [-0.4, -0.2) is 47.2 Å². The van der Waals surface area contributed by atoms with Crippen LogP contribution in [0.25, 0.3) is 0 Å². The molecular weight excluding hydrogens is 246 g/mol. The van der Waals surface area contributed by atoms with Crippen molar-refractivity contribution in [2.75, 3.05) is 32.0 Å². The predicted molar refractivity (Wildman–Crippen MR) is 71.4 cm³/mol. The SMILES string of the molecule is Nc1ccc(C(=O)O)nc1OCCN1CCCCC1. The average Bonchev–Trinajstić information content (AvgIpc) is 2.42. The summed E-state index contributed by atoms with van der Waals surface area (Å²) in [5.74, 6) is -0.877. The summed E-state index contributed by atoms with van der Waals surface area (Å²) in [6.07, 6.45) is 3.76. The standard InChI is InChI=1S/C13H19N3O3/c14-10-4-5-11(13(17)18)15-12(10)19-9-8-16-6-2-1-3-7-16/h4-5H,1-3,6-9,14H2,(H,17,18). The Kier molecular flexibility index (Phi) is 4.57. The lowest BCUT2D eigenvalue weighted by atomic mass is 10.1. The molecule has 1 aromatic rings. The molecule has 0 unspecified atom stereocenters. The molecular formula is C13H19N3O3. The molecule has 1 aliphatic rings. The Balaban J connectivity index is 1.87. The number of carboxylic acid groups (broad SMARTS) is 1. The third kappa shape index (κ3) is 3.82. The fraction of sp³-hybridized carbons (Fsp3) is 0.538. The summed E-state index contributed by atoms with van der Waals surface area (Å²) in [5, 5.41) is 8.86. The Morgan fingerprint density at radius 1 is 1.37 bits per heavy atom. The van der Waals surface area contributed by atoms with Crippen molar-refractivity contribution in [3.63, 3.8) is 0 Å². The molecule has 0 aromatic carbocycles. The van der Waals surface area contributed by atoms with Crippen molar-refractivity contribution in [3.05, 3.63) is 17.8 Å². The van der Waals surface area contributed by atoms with E-state index in [1.54, 1.807) is 0 Å². The Hall–Kier alpha value is -1.82. The molecule has 6 nitrogen and oxygen atoms in total. The minimum Gasteiger partial charge on any atom is -0.477 e. The van der Waals surface area contributed by atoms with Crippen LogP contribution in [0.1, 0.15) is 29.8 Å². The van der Waals surface area contributed by atoms with Crippen molar-refractivity contribution in [1.82, 2.24) is 9.88 Å². The number of aromatic carboxylic acids is 1. The number of hydrogen-bond acceptors (Lipinski definition) is 5. The molecule has 0 amide bonds. The van der Waals surface area contributed by atoms with E-state index in [1.165, 1.54) is 31.4 Å². The van der Waals surface area contributed by atoms with Crippen LogP contribution in [0.5, 0.6) is 5.88 Å². The van der Waals surface area contributed by atoms with E-state index in [9.17, 15) is 4.79 Å². The summed E-state index contributed by atoms with van der Waals surface area (Å²) in [6, 6.07) is 2.88. The van der Waals surface area contributed by atoms with Crippen LogP contribution in [0.15, 0.2) is 12.1 Å². The molecule has 0 saturated carbocycles. The normalized spacial score (nSPS) is 16.2. The Morgan fingerprint density at radius 3 is 2.79 bits per heavy atom. The summed E-state index contributed by atoms with van der Waals surface area (Å²) in [4.78, 5) is 17.0. The highest BCUT2D eigenvalue weighted by Crippen LogP contribution is 2.18. The Morgan fingerprint density at radius 2 is 2.11 bits per heavy atom. The van der Waals surface area contributed by atoms with E-state index in [4.69, 9.17) is 15.6 Å². The summed E-state index contributed by atoms with van der Waals surface area (Å²) >= 11 is 0. The van der Waals surface area contributed by atoms with Gasteiger partial charge in [-0.05, 0) is 38.1 Å². The van der Waals surface area contributed by atoms with E-state index in [2.05, 4.69) is 9.88 Å². The third-order valence-corrected chi connectivity index (χ3v) is 3.20. The van der Waals surface area contributed by atoms with Crippen molar-refractivity contribution in [2.24, 2.45) is 0 Å². The van der Waals surface area contributed by atoms with Crippen LogP contribution in [0.4, 0.5) is 5.69 Å². The molecule has 3 N–H and O–H groups in total. The number of aromatic nitrogens is 1. The van der Waals surface area contributed by atoms with Crippen LogP contribution in [0.3, 0.4) is 0 Å². The van der Waals surface area contributed by atoms with E-state index in [1.807, 2.05) is 0 Å². The first-order chi connectivity index (χ1) is 9.16. The van der Waals surface area contributed by atoms with E-state index >= 15 is 0 Å². The van der Waals surface area contributed by atoms with Crippen molar-refractivity contribution in [3.8, 4) is 5.88 Å². The second-order valence-corrected chi connectivity index (χ2v) is 4.65. The van der Waals surface area contributed by atoms with E-state index < -0.39 is 5.97 Å². The summed E-state index contributed by atoms with van der Waals surface area (Å²) in [5.41, 5.74) is 6.03. The lowest BCUT2D eigenvalue weighted by molar-refractivity contribution is 0.0689. The highest BCUT2D eigenvalue weighted by molar-refractivity contribution is 5.86. The molecule has 6 heteroatoms. The highest BCUT2D eigenvalue weighted by Gasteiger charge is 2.12. The van der Waals surface area contributed by atoms with E-state index in [0.717, 1.165) is 19.6 Å². The number of rotatable bonds is 5. The van der Waals surface area contributed by atoms with Gasteiger partial charge in [0, 0.05) is 6.54 Å². The summed E-state index contributed by atoms with van der Waals surface area (Å²) in [6.45, 7) is 3.49. The number of pyridine rings is 1. The molecule has 0 bridgehead atoms. The Labute approximate surface area is 112 Å². The number of ether oxygens (including phenoxy) is 1. The molecule has 2 rings (SSSR count). The number of carboxylic acids is 1. The zero-order valence-electron chi connectivity index (χ0n) is 10.8. The Bertz CT molecular complexity index is 445. The van der Waals surface area contributed by atoms with Gasteiger partial charge in [-0.3, -0.25) is 4.90 Å². The molecule has 1 saturated heterocycles. The number of piperidine rings is 1. The zero-order valence-corrected chi connectivity index (χ0v) is 10.8. The lowest BCUT2D eigenvalue weighted by Gasteiger charge is -2.26. The lowest BCUT2D eigenvalue weighted by Crippen LogP contribution is -2.33. The maximum absolute atomic E-state index is 10.8. The monoisotopic (exact) mass is 265 g/mol. The van der Waals surface area contributed by atoms with Gasteiger partial charge in [-0.1, -0.05) is 6.42 Å². The molecule has 0 radical (unpaired) electrons.